The first-order valence-corrected chi connectivity index (χ1v) is 5.85. The normalized spacial score (nSPS) is 10.2. The Labute approximate surface area is 114 Å². The van der Waals surface area contributed by atoms with Gasteiger partial charge in [-0.2, -0.15) is 0 Å². The Morgan fingerprint density at radius 2 is 1.72 bits per heavy atom. The second-order valence-electron chi connectivity index (χ2n) is 3.52. The lowest BCUT2D eigenvalue weighted by Crippen LogP contribution is -2.19. The number of hydrogen-bond donors (Lipinski definition) is 0. The van der Waals surface area contributed by atoms with E-state index < -0.39 is 11.2 Å². The van der Waals surface area contributed by atoms with E-state index in [9.17, 15) is 9.18 Å². The van der Waals surface area contributed by atoms with E-state index in [1.165, 1.54) is 17.0 Å². The molecule has 0 aliphatic rings. The van der Waals surface area contributed by atoms with E-state index in [1.54, 1.807) is 24.3 Å². The van der Waals surface area contributed by atoms with Gasteiger partial charge in [-0.25, -0.2) is 4.39 Å². The molecule has 0 heterocycles. The molecule has 0 saturated carbocycles. The summed E-state index contributed by atoms with van der Waals surface area (Å²) in [5.74, 6) is -0.604. The van der Waals surface area contributed by atoms with Crippen molar-refractivity contribution in [1.29, 1.82) is 0 Å². The molecule has 5 heteroatoms. The first kappa shape index (κ1) is 12.9. The maximum Gasteiger partial charge on any atom is 0.325 e. The Kier molecular flexibility index (Phi) is 3.84. The lowest BCUT2D eigenvalue weighted by atomic mass is 10.2. The van der Waals surface area contributed by atoms with E-state index in [0.29, 0.717) is 11.4 Å². The standard InChI is InChI=1S/C13H8Cl2FNO/c14-11-7-6-10(8-12(11)16)17(13(15)18)9-4-2-1-3-5-9/h1-8H. The zero-order valence-corrected chi connectivity index (χ0v) is 10.6. The molecule has 1 amide bonds. The van der Waals surface area contributed by atoms with Gasteiger partial charge < -0.3 is 0 Å². The number of nitrogens with zero attached hydrogens (tertiary/aromatic N) is 1. The van der Waals surface area contributed by atoms with Crippen LogP contribution in [0.4, 0.5) is 20.6 Å². The van der Waals surface area contributed by atoms with Crippen molar-refractivity contribution in [2.45, 2.75) is 0 Å². The molecule has 0 atom stereocenters. The monoisotopic (exact) mass is 283 g/mol. The quantitative estimate of drug-likeness (QED) is 0.562. The number of carbonyl (C=O) groups is 1. The highest BCUT2D eigenvalue weighted by Crippen LogP contribution is 2.29. The topological polar surface area (TPSA) is 20.3 Å². The summed E-state index contributed by atoms with van der Waals surface area (Å²) in [5, 5.41) is -0.725. The molecule has 2 rings (SSSR count). The summed E-state index contributed by atoms with van der Waals surface area (Å²) in [5.41, 5.74) is 0.877. The van der Waals surface area contributed by atoms with Crippen LogP contribution in [-0.2, 0) is 0 Å². The Morgan fingerprint density at radius 1 is 1.06 bits per heavy atom. The Bertz CT molecular complexity index is 574. The third kappa shape index (κ3) is 2.63. The van der Waals surface area contributed by atoms with Crippen LogP contribution in [0.1, 0.15) is 0 Å². The molecule has 0 N–H and O–H groups in total. The highest BCUT2D eigenvalue weighted by Gasteiger charge is 2.16. The minimum Gasteiger partial charge on any atom is -0.267 e. The summed E-state index contributed by atoms with van der Waals surface area (Å²) >= 11 is 11.1. The molecule has 0 aliphatic heterocycles. The number of rotatable bonds is 2. The molecule has 0 aromatic heterocycles. The van der Waals surface area contributed by atoms with E-state index in [0.717, 1.165) is 6.07 Å². The number of carbonyl (C=O) groups excluding carboxylic acids is 1. The van der Waals surface area contributed by atoms with Gasteiger partial charge in [0.1, 0.15) is 5.82 Å². The van der Waals surface area contributed by atoms with Gasteiger partial charge in [0.2, 0.25) is 0 Å². The van der Waals surface area contributed by atoms with E-state index in [-0.39, 0.29) is 5.02 Å². The fraction of sp³-hybridized carbons (Fsp3) is 0. The van der Waals surface area contributed by atoms with Gasteiger partial charge >= 0.3 is 5.37 Å². The Morgan fingerprint density at radius 3 is 2.28 bits per heavy atom. The zero-order chi connectivity index (χ0) is 13.1. The van der Waals surface area contributed by atoms with Crippen molar-refractivity contribution >= 4 is 39.9 Å². The number of amides is 1. The third-order valence-corrected chi connectivity index (χ3v) is 2.83. The third-order valence-electron chi connectivity index (χ3n) is 2.35. The van der Waals surface area contributed by atoms with Gasteiger partial charge in [0.15, 0.2) is 0 Å². The maximum atomic E-state index is 13.4. The van der Waals surface area contributed by atoms with Crippen LogP contribution in [0.25, 0.3) is 0 Å². The van der Waals surface area contributed by atoms with Crippen molar-refractivity contribution in [2.75, 3.05) is 4.90 Å². The maximum absolute atomic E-state index is 13.4. The van der Waals surface area contributed by atoms with Crippen molar-refractivity contribution < 1.29 is 9.18 Å². The van der Waals surface area contributed by atoms with E-state index in [2.05, 4.69) is 0 Å². The molecule has 0 unspecified atom stereocenters. The smallest absolute Gasteiger partial charge is 0.267 e. The van der Waals surface area contributed by atoms with Crippen LogP contribution >= 0.6 is 23.2 Å². The van der Waals surface area contributed by atoms with Gasteiger partial charge in [0.05, 0.1) is 16.4 Å². The lowest BCUT2D eigenvalue weighted by molar-refractivity contribution is 0.266. The van der Waals surface area contributed by atoms with Crippen molar-refractivity contribution in [3.05, 3.63) is 59.4 Å². The van der Waals surface area contributed by atoms with Crippen molar-refractivity contribution in [1.82, 2.24) is 0 Å². The van der Waals surface area contributed by atoms with Crippen molar-refractivity contribution in [2.24, 2.45) is 0 Å². The summed E-state index contributed by atoms with van der Waals surface area (Å²) in [6, 6.07) is 12.8. The van der Waals surface area contributed by atoms with Crippen LogP contribution < -0.4 is 4.90 Å². The average Bonchev–Trinajstić information content (AvgIpc) is 2.35. The number of para-hydroxylation sites is 1. The summed E-state index contributed by atoms with van der Waals surface area (Å²) in [6.45, 7) is 0. The summed E-state index contributed by atoms with van der Waals surface area (Å²) in [7, 11) is 0. The van der Waals surface area contributed by atoms with Gasteiger partial charge in [-0.3, -0.25) is 9.69 Å². The van der Waals surface area contributed by atoms with E-state index >= 15 is 0 Å². The fourth-order valence-electron chi connectivity index (χ4n) is 1.55. The van der Waals surface area contributed by atoms with Crippen molar-refractivity contribution in [3.63, 3.8) is 0 Å². The van der Waals surface area contributed by atoms with Crippen molar-refractivity contribution in [3.8, 4) is 0 Å². The van der Waals surface area contributed by atoms with Crippen LogP contribution in [0.5, 0.6) is 0 Å². The number of benzene rings is 2. The zero-order valence-electron chi connectivity index (χ0n) is 9.11. The second-order valence-corrected chi connectivity index (χ2v) is 4.25. The first-order chi connectivity index (χ1) is 8.59. The molecular weight excluding hydrogens is 276 g/mol. The minimum absolute atomic E-state index is 0.00576. The van der Waals surface area contributed by atoms with Gasteiger partial charge in [-0.15, -0.1) is 0 Å². The second kappa shape index (κ2) is 5.38. The summed E-state index contributed by atoms with van der Waals surface area (Å²) in [4.78, 5) is 12.7. The average molecular weight is 284 g/mol. The number of anilines is 2. The molecule has 2 nitrogen and oxygen atoms in total. The van der Waals surface area contributed by atoms with Crippen LogP contribution in [0.3, 0.4) is 0 Å². The molecule has 0 fully saturated rings. The molecule has 2 aromatic carbocycles. The highest BCUT2D eigenvalue weighted by atomic mass is 35.5. The predicted molar refractivity (Wildman–Crippen MR) is 71.2 cm³/mol. The van der Waals surface area contributed by atoms with Gasteiger partial charge in [-0.05, 0) is 41.9 Å². The minimum atomic E-state index is -0.720. The molecule has 0 aliphatic carbocycles. The molecule has 18 heavy (non-hydrogen) atoms. The highest BCUT2D eigenvalue weighted by molar-refractivity contribution is 6.66. The SMILES string of the molecule is O=C(Cl)N(c1ccccc1)c1ccc(Cl)c(F)c1. The Balaban J connectivity index is 2.49. The molecule has 92 valence electrons. The fourth-order valence-corrected chi connectivity index (χ4v) is 1.87. The summed E-state index contributed by atoms with van der Waals surface area (Å²) in [6.07, 6.45) is 0. The van der Waals surface area contributed by atoms with Crippen LogP contribution in [0.15, 0.2) is 48.5 Å². The van der Waals surface area contributed by atoms with Gasteiger partial charge in [0.25, 0.3) is 0 Å². The molecular formula is C13H8Cl2FNO. The Hall–Kier alpha value is -1.58. The van der Waals surface area contributed by atoms with Crippen LogP contribution in [-0.4, -0.2) is 5.37 Å². The molecule has 0 spiro atoms. The first-order valence-electron chi connectivity index (χ1n) is 5.09. The van der Waals surface area contributed by atoms with Gasteiger partial charge in [0, 0.05) is 0 Å². The molecule has 0 bridgehead atoms. The number of hydrogen-bond acceptors (Lipinski definition) is 1. The van der Waals surface area contributed by atoms with Crippen LogP contribution in [0, 0.1) is 5.82 Å². The molecule has 2 aromatic rings. The molecule has 0 radical (unpaired) electrons. The molecule has 0 saturated heterocycles. The lowest BCUT2D eigenvalue weighted by Gasteiger charge is -2.20. The van der Waals surface area contributed by atoms with Crippen LogP contribution in [0.2, 0.25) is 5.02 Å². The predicted octanol–water partition coefficient (Wildman–Crippen LogP) is 4.98. The van der Waals surface area contributed by atoms with Gasteiger partial charge in [-0.1, -0.05) is 29.8 Å². The van der Waals surface area contributed by atoms with E-state index in [1.807, 2.05) is 6.07 Å². The largest absolute Gasteiger partial charge is 0.325 e. The van der Waals surface area contributed by atoms with E-state index in [4.69, 9.17) is 23.2 Å². The summed E-state index contributed by atoms with van der Waals surface area (Å²) < 4.78 is 13.4. The number of halogens is 3.